The second-order valence-corrected chi connectivity index (χ2v) is 6.43. The molecule has 1 atom stereocenters. The molecule has 1 amide bonds. The fourth-order valence-electron chi connectivity index (χ4n) is 3.45. The van der Waals surface area contributed by atoms with Crippen molar-refractivity contribution in [2.75, 3.05) is 6.54 Å². The van der Waals surface area contributed by atoms with E-state index >= 15 is 0 Å². The number of imidazole rings is 1. The van der Waals surface area contributed by atoms with E-state index in [1.54, 1.807) is 6.20 Å². The molecule has 3 rings (SSSR count). The molecule has 0 spiro atoms. The second kappa shape index (κ2) is 6.09. The number of carbonyl (C=O) groups excluding carboxylic acids is 1. The molecule has 1 saturated carbocycles. The highest BCUT2D eigenvalue weighted by Gasteiger charge is 2.36. The molecule has 1 fully saturated rings. The van der Waals surface area contributed by atoms with Crippen LogP contribution in [0.15, 0.2) is 12.4 Å². The van der Waals surface area contributed by atoms with Crippen molar-refractivity contribution >= 4 is 5.91 Å². The van der Waals surface area contributed by atoms with Gasteiger partial charge in [0.25, 0.3) is 0 Å². The SMILES string of the molecule is C[C@H](C(=O)NC1(C#N)CCCCC1)N1CCn2ccnc2C1. The molecule has 1 N–H and O–H groups in total. The van der Waals surface area contributed by atoms with Gasteiger partial charge in [-0.1, -0.05) is 19.3 Å². The van der Waals surface area contributed by atoms with Crippen LogP contribution < -0.4 is 5.32 Å². The Bertz CT molecular complexity index is 582. The van der Waals surface area contributed by atoms with Crippen molar-refractivity contribution in [1.82, 2.24) is 19.8 Å². The summed E-state index contributed by atoms with van der Waals surface area (Å²) in [5, 5.41) is 12.5. The van der Waals surface area contributed by atoms with Crippen molar-refractivity contribution in [3.05, 3.63) is 18.2 Å². The Hall–Kier alpha value is -1.87. The van der Waals surface area contributed by atoms with Gasteiger partial charge in [0.15, 0.2) is 0 Å². The van der Waals surface area contributed by atoms with Crippen molar-refractivity contribution in [1.29, 1.82) is 5.26 Å². The second-order valence-electron chi connectivity index (χ2n) is 6.43. The number of nitrogens with zero attached hydrogens (tertiary/aromatic N) is 4. The van der Waals surface area contributed by atoms with Crippen LogP contribution in [0.4, 0.5) is 0 Å². The normalized spacial score (nSPS) is 22.4. The molecule has 1 aliphatic heterocycles. The first kappa shape index (κ1) is 15.0. The molecule has 1 aliphatic carbocycles. The third-order valence-corrected chi connectivity index (χ3v) is 4.99. The fourth-order valence-corrected chi connectivity index (χ4v) is 3.45. The summed E-state index contributed by atoms with van der Waals surface area (Å²) < 4.78 is 2.12. The maximum absolute atomic E-state index is 12.6. The lowest BCUT2D eigenvalue weighted by Gasteiger charge is -2.36. The summed E-state index contributed by atoms with van der Waals surface area (Å²) in [4.78, 5) is 19.1. The lowest BCUT2D eigenvalue weighted by atomic mass is 9.82. The smallest absolute Gasteiger partial charge is 0.238 e. The molecule has 2 heterocycles. The quantitative estimate of drug-likeness (QED) is 0.916. The highest BCUT2D eigenvalue weighted by molar-refractivity contribution is 5.82. The van der Waals surface area contributed by atoms with Gasteiger partial charge in [0, 0.05) is 25.5 Å². The van der Waals surface area contributed by atoms with Gasteiger partial charge in [0.2, 0.25) is 5.91 Å². The van der Waals surface area contributed by atoms with Gasteiger partial charge in [0.05, 0.1) is 18.7 Å². The standard InChI is InChI=1S/C16H23N5O/c1-13(21-10-9-20-8-7-18-14(20)11-21)15(22)19-16(12-17)5-3-2-4-6-16/h7-8,13H,2-6,9-11H2,1H3,(H,19,22)/t13-/m1/s1. The van der Waals surface area contributed by atoms with Gasteiger partial charge in [-0.25, -0.2) is 4.98 Å². The minimum Gasteiger partial charge on any atom is -0.336 e. The lowest BCUT2D eigenvalue weighted by molar-refractivity contribution is -0.128. The summed E-state index contributed by atoms with van der Waals surface area (Å²) in [7, 11) is 0. The molecule has 0 bridgehead atoms. The molecule has 0 radical (unpaired) electrons. The zero-order valence-electron chi connectivity index (χ0n) is 13.1. The summed E-state index contributed by atoms with van der Waals surface area (Å²) in [6.07, 6.45) is 8.51. The Morgan fingerprint density at radius 3 is 2.91 bits per heavy atom. The zero-order chi connectivity index (χ0) is 15.6. The number of aromatic nitrogens is 2. The van der Waals surface area contributed by atoms with E-state index in [9.17, 15) is 10.1 Å². The minimum atomic E-state index is -0.655. The van der Waals surface area contributed by atoms with Crippen LogP contribution >= 0.6 is 0 Å². The van der Waals surface area contributed by atoms with Gasteiger partial charge >= 0.3 is 0 Å². The summed E-state index contributed by atoms with van der Waals surface area (Å²) >= 11 is 0. The topological polar surface area (TPSA) is 74.0 Å². The highest BCUT2D eigenvalue weighted by atomic mass is 16.2. The first-order chi connectivity index (χ1) is 10.6. The molecule has 0 unspecified atom stereocenters. The lowest BCUT2D eigenvalue weighted by Crippen LogP contribution is -2.55. The van der Waals surface area contributed by atoms with Crippen LogP contribution in [0, 0.1) is 11.3 Å². The predicted molar refractivity (Wildman–Crippen MR) is 81.7 cm³/mol. The highest BCUT2D eigenvalue weighted by Crippen LogP contribution is 2.28. The van der Waals surface area contributed by atoms with E-state index in [1.807, 2.05) is 13.1 Å². The fraction of sp³-hybridized carbons (Fsp3) is 0.688. The van der Waals surface area contributed by atoms with E-state index in [4.69, 9.17) is 0 Å². The van der Waals surface area contributed by atoms with E-state index < -0.39 is 5.54 Å². The van der Waals surface area contributed by atoms with Gasteiger partial charge in [-0.05, 0) is 19.8 Å². The summed E-state index contributed by atoms with van der Waals surface area (Å²) in [6, 6.07) is 2.11. The number of hydrogen-bond acceptors (Lipinski definition) is 4. The molecule has 0 saturated heterocycles. The Labute approximate surface area is 131 Å². The number of nitrogens with one attached hydrogen (secondary N) is 1. The van der Waals surface area contributed by atoms with Gasteiger partial charge in [-0.2, -0.15) is 5.26 Å². The predicted octanol–water partition coefficient (Wildman–Crippen LogP) is 1.43. The van der Waals surface area contributed by atoms with Crippen LogP contribution in [0.1, 0.15) is 44.9 Å². The van der Waals surface area contributed by atoms with E-state index in [2.05, 4.69) is 25.8 Å². The summed E-state index contributed by atoms with van der Waals surface area (Å²) in [5.41, 5.74) is -0.655. The Morgan fingerprint density at radius 1 is 1.41 bits per heavy atom. The first-order valence-corrected chi connectivity index (χ1v) is 8.11. The van der Waals surface area contributed by atoms with E-state index in [-0.39, 0.29) is 11.9 Å². The van der Waals surface area contributed by atoms with Crippen LogP contribution in [0.25, 0.3) is 0 Å². The monoisotopic (exact) mass is 301 g/mol. The van der Waals surface area contributed by atoms with Gasteiger partial charge in [-0.15, -0.1) is 0 Å². The van der Waals surface area contributed by atoms with Crippen molar-refractivity contribution in [3.63, 3.8) is 0 Å². The number of nitriles is 1. The number of fused-ring (bicyclic) bond motifs is 1. The Morgan fingerprint density at radius 2 is 2.18 bits per heavy atom. The third-order valence-electron chi connectivity index (χ3n) is 4.99. The molecule has 2 aliphatic rings. The molecule has 6 heteroatoms. The molecule has 118 valence electrons. The molecule has 22 heavy (non-hydrogen) atoms. The largest absolute Gasteiger partial charge is 0.336 e. The van der Waals surface area contributed by atoms with Crippen LogP contribution in [0.5, 0.6) is 0 Å². The molecule has 1 aromatic rings. The summed E-state index contributed by atoms with van der Waals surface area (Å²) in [5.74, 6) is 0.960. The molecular formula is C16H23N5O. The van der Waals surface area contributed by atoms with Crippen LogP contribution in [0.2, 0.25) is 0 Å². The molecular weight excluding hydrogens is 278 g/mol. The van der Waals surface area contributed by atoms with Gasteiger partial charge in [0.1, 0.15) is 11.4 Å². The van der Waals surface area contributed by atoms with Crippen LogP contribution in [0.3, 0.4) is 0 Å². The maximum atomic E-state index is 12.6. The Kier molecular flexibility index (Phi) is 4.16. The number of carbonyl (C=O) groups is 1. The van der Waals surface area contributed by atoms with Crippen molar-refractivity contribution in [2.45, 2.75) is 63.7 Å². The zero-order valence-corrected chi connectivity index (χ0v) is 13.1. The van der Waals surface area contributed by atoms with E-state index in [1.165, 1.54) is 0 Å². The minimum absolute atomic E-state index is 0.0385. The molecule has 0 aromatic carbocycles. The molecule has 1 aromatic heterocycles. The van der Waals surface area contributed by atoms with Crippen molar-refractivity contribution in [2.24, 2.45) is 0 Å². The average molecular weight is 301 g/mol. The van der Waals surface area contributed by atoms with Crippen LogP contribution in [-0.2, 0) is 17.9 Å². The molecule has 6 nitrogen and oxygen atoms in total. The third kappa shape index (κ3) is 2.86. The van der Waals surface area contributed by atoms with E-state index in [0.717, 1.165) is 51.0 Å². The van der Waals surface area contributed by atoms with Crippen molar-refractivity contribution in [3.8, 4) is 6.07 Å². The number of hydrogen-bond donors (Lipinski definition) is 1. The van der Waals surface area contributed by atoms with Crippen LogP contribution in [-0.4, -0.2) is 38.5 Å². The summed E-state index contributed by atoms with van der Waals surface area (Å²) in [6.45, 7) is 4.29. The number of rotatable bonds is 3. The maximum Gasteiger partial charge on any atom is 0.238 e. The van der Waals surface area contributed by atoms with Gasteiger partial charge in [-0.3, -0.25) is 9.69 Å². The van der Waals surface area contributed by atoms with E-state index in [0.29, 0.717) is 6.54 Å². The first-order valence-electron chi connectivity index (χ1n) is 8.11. The van der Waals surface area contributed by atoms with Crippen molar-refractivity contribution < 1.29 is 4.79 Å². The Balaban J connectivity index is 1.64. The van der Waals surface area contributed by atoms with Gasteiger partial charge < -0.3 is 9.88 Å². The average Bonchev–Trinajstić information content (AvgIpc) is 3.02. The number of amides is 1.